The molecule has 0 fully saturated rings. The minimum absolute atomic E-state index is 0.0270. The predicted octanol–water partition coefficient (Wildman–Crippen LogP) is 4.93. The van der Waals surface area contributed by atoms with Crippen LogP contribution in [0.4, 0.5) is 0 Å². The maximum atomic E-state index is 12.0. The fourth-order valence-corrected chi connectivity index (χ4v) is 3.42. The highest BCUT2D eigenvalue weighted by atomic mass is 16.5. The molecule has 34 heavy (non-hydrogen) atoms. The molecule has 6 heteroatoms. The summed E-state index contributed by atoms with van der Waals surface area (Å²) < 4.78 is 16.6. The minimum atomic E-state index is -0.428. The molecule has 0 heterocycles. The Balaban J connectivity index is 1.48. The number of hydrogen-bond donors (Lipinski definition) is 2. The lowest BCUT2D eigenvalue weighted by atomic mass is 10.1. The number of methoxy groups -OCH3 is 1. The average molecular weight is 462 g/mol. The molecule has 0 saturated heterocycles. The number of carbonyl (C=O) groups excluding carboxylic acids is 1. The Morgan fingerprint density at radius 2 is 1.82 bits per heavy atom. The van der Waals surface area contributed by atoms with Crippen molar-refractivity contribution in [1.82, 2.24) is 5.32 Å². The van der Waals surface area contributed by atoms with E-state index < -0.39 is 5.97 Å². The summed E-state index contributed by atoms with van der Waals surface area (Å²) in [6.45, 7) is 1.13. The zero-order chi connectivity index (χ0) is 24.2. The summed E-state index contributed by atoms with van der Waals surface area (Å²) in [4.78, 5) is 12.0. The molecular weight excluding hydrogens is 430 g/mol. The SMILES string of the molecule is CNCCC(Oc1ccc(CCOC(=O)C=Cc2ccc(O)c(OC)c2)cc1)c1ccccc1. The second-order valence-corrected chi connectivity index (χ2v) is 7.74. The lowest BCUT2D eigenvalue weighted by Crippen LogP contribution is -2.16. The number of esters is 1. The standard InChI is InChI=1S/C28H31NO5/c1-29-18-16-26(23-6-4-3-5-7-23)34-24-12-8-21(9-13-24)17-19-33-28(31)15-11-22-10-14-25(30)27(20-22)32-2/h3-15,20,26,29-30H,16-19H2,1-2H3. The molecule has 0 bridgehead atoms. The van der Waals surface area contributed by atoms with Gasteiger partial charge in [0.25, 0.3) is 0 Å². The van der Waals surface area contributed by atoms with E-state index in [1.807, 2.05) is 49.5 Å². The number of carbonyl (C=O) groups is 1. The number of phenols is 1. The lowest BCUT2D eigenvalue weighted by Gasteiger charge is -2.20. The van der Waals surface area contributed by atoms with Crippen molar-refractivity contribution >= 4 is 12.0 Å². The first-order valence-corrected chi connectivity index (χ1v) is 11.3. The van der Waals surface area contributed by atoms with Gasteiger partial charge in [0.1, 0.15) is 11.9 Å². The Labute approximate surface area is 200 Å². The minimum Gasteiger partial charge on any atom is -0.504 e. The zero-order valence-corrected chi connectivity index (χ0v) is 19.6. The van der Waals surface area contributed by atoms with Gasteiger partial charge < -0.3 is 24.6 Å². The van der Waals surface area contributed by atoms with E-state index in [2.05, 4.69) is 17.4 Å². The van der Waals surface area contributed by atoms with Crippen molar-refractivity contribution in [3.63, 3.8) is 0 Å². The first-order valence-electron chi connectivity index (χ1n) is 11.3. The number of hydrogen-bond acceptors (Lipinski definition) is 6. The molecule has 178 valence electrons. The van der Waals surface area contributed by atoms with Crippen LogP contribution in [0.1, 0.15) is 29.2 Å². The summed E-state index contributed by atoms with van der Waals surface area (Å²) >= 11 is 0. The number of ether oxygens (including phenoxy) is 3. The zero-order valence-electron chi connectivity index (χ0n) is 19.6. The second-order valence-electron chi connectivity index (χ2n) is 7.74. The van der Waals surface area contributed by atoms with Gasteiger partial charge in [-0.3, -0.25) is 0 Å². The smallest absolute Gasteiger partial charge is 0.330 e. The van der Waals surface area contributed by atoms with E-state index in [9.17, 15) is 9.90 Å². The van der Waals surface area contributed by atoms with E-state index in [1.165, 1.54) is 19.3 Å². The molecule has 1 atom stereocenters. The van der Waals surface area contributed by atoms with Crippen LogP contribution in [0.15, 0.2) is 78.9 Å². The Morgan fingerprint density at radius 3 is 2.53 bits per heavy atom. The fraction of sp³-hybridized carbons (Fsp3) is 0.250. The first kappa shape index (κ1) is 24.9. The van der Waals surface area contributed by atoms with Gasteiger partial charge in [0.15, 0.2) is 11.5 Å². The quantitative estimate of drug-likeness (QED) is 0.294. The molecule has 0 aliphatic rings. The van der Waals surface area contributed by atoms with Gasteiger partial charge in [-0.1, -0.05) is 48.5 Å². The molecule has 0 aromatic heterocycles. The molecule has 3 aromatic rings. The van der Waals surface area contributed by atoms with Crippen LogP contribution >= 0.6 is 0 Å². The number of benzene rings is 3. The van der Waals surface area contributed by atoms with E-state index in [4.69, 9.17) is 14.2 Å². The summed E-state index contributed by atoms with van der Waals surface area (Å²) in [5.74, 6) is 0.771. The molecule has 0 saturated carbocycles. The van der Waals surface area contributed by atoms with Gasteiger partial charge in [-0.15, -0.1) is 0 Å². The molecule has 3 aromatic carbocycles. The predicted molar refractivity (Wildman–Crippen MR) is 133 cm³/mol. The van der Waals surface area contributed by atoms with Crippen molar-refractivity contribution in [3.8, 4) is 17.2 Å². The third kappa shape index (κ3) is 7.67. The fourth-order valence-electron chi connectivity index (χ4n) is 3.42. The van der Waals surface area contributed by atoms with E-state index in [0.29, 0.717) is 12.2 Å². The highest BCUT2D eigenvalue weighted by Gasteiger charge is 2.13. The van der Waals surface area contributed by atoms with Gasteiger partial charge in [0, 0.05) is 18.9 Å². The van der Waals surface area contributed by atoms with Crippen LogP contribution in [0.25, 0.3) is 6.08 Å². The van der Waals surface area contributed by atoms with E-state index in [1.54, 1.807) is 18.2 Å². The van der Waals surface area contributed by atoms with Gasteiger partial charge in [-0.05, 0) is 60.6 Å². The number of rotatable bonds is 12. The highest BCUT2D eigenvalue weighted by molar-refractivity contribution is 5.87. The number of nitrogens with one attached hydrogen (secondary N) is 1. The number of aromatic hydroxyl groups is 1. The van der Waals surface area contributed by atoms with Gasteiger partial charge in [0.05, 0.1) is 13.7 Å². The van der Waals surface area contributed by atoms with E-state index in [-0.39, 0.29) is 18.5 Å². The van der Waals surface area contributed by atoms with Crippen LogP contribution < -0.4 is 14.8 Å². The molecule has 0 spiro atoms. The van der Waals surface area contributed by atoms with Gasteiger partial charge in [-0.25, -0.2) is 4.79 Å². The molecule has 1 unspecified atom stereocenters. The van der Waals surface area contributed by atoms with Crippen molar-refractivity contribution in [2.75, 3.05) is 27.3 Å². The average Bonchev–Trinajstić information content (AvgIpc) is 2.87. The summed E-state index contributed by atoms with van der Waals surface area (Å²) in [6.07, 6.45) is 4.42. The third-order valence-electron chi connectivity index (χ3n) is 5.28. The molecule has 3 rings (SSSR count). The summed E-state index contributed by atoms with van der Waals surface area (Å²) in [5, 5.41) is 12.8. The van der Waals surface area contributed by atoms with Crippen LogP contribution in [0.3, 0.4) is 0 Å². The molecule has 0 aliphatic heterocycles. The monoisotopic (exact) mass is 461 g/mol. The van der Waals surface area contributed by atoms with Crippen LogP contribution in [0, 0.1) is 0 Å². The number of phenolic OH excluding ortho intramolecular Hbond substituents is 1. The van der Waals surface area contributed by atoms with E-state index in [0.717, 1.165) is 35.4 Å². The Kier molecular flexibility index (Phi) is 9.55. The molecule has 0 aliphatic carbocycles. The van der Waals surface area contributed by atoms with Crippen molar-refractivity contribution < 1.29 is 24.1 Å². The summed E-state index contributed by atoms with van der Waals surface area (Å²) in [5.41, 5.74) is 2.93. The lowest BCUT2D eigenvalue weighted by molar-refractivity contribution is -0.137. The van der Waals surface area contributed by atoms with E-state index >= 15 is 0 Å². The highest BCUT2D eigenvalue weighted by Crippen LogP contribution is 2.27. The maximum Gasteiger partial charge on any atom is 0.330 e. The summed E-state index contributed by atoms with van der Waals surface area (Å²) in [7, 11) is 3.41. The molecule has 0 radical (unpaired) electrons. The van der Waals surface area contributed by atoms with Gasteiger partial charge in [-0.2, -0.15) is 0 Å². The van der Waals surface area contributed by atoms with Crippen molar-refractivity contribution in [2.24, 2.45) is 0 Å². The Bertz CT molecular complexity index is 1060. The van der Waals surface area contributed by atoms with Gasteiger partial charge >= 0.3 is 5.97 Å². The van der Waals surface area contributed by atoms with Crippen molar-refractivity contribution in [2.45, 2.75) is 18.9 Å². The topological polar surface area (TPSA) is 77.0 Å². The van der Waals surface area contributed by atoms with Crippen molar-refractivity contribution in [3.05, 3.63) is 95.6 Å². The molecule has 0 amide bonds. The normalized spacial score (nSPS) is 11.8. The van der Waals surface area contributed by atoms with Crippen LogP contribution in [-0.4, -0.2) is 38.4 Å². The van der Waals surface area contributed by atoms with Crippen LogP contribution in [0.5, 0.6) is 17.2 Å². The van der Waals surface area contributed by atoms with Gasteiger partial charge in [0.2, 0.25) is 0 Å². The largest absolute Gasteiger partial charge is 0.504 e. The molecule has 2 N–H and O–H groups in total. The maximum absolute atomic E-state index is 12.0. The Morgan fingerprint density at radius 1 is 1.06 bits per heavy atom. The summed E-state index contributed by atoms with van der Waals surface area (Å²) in [6, 6.07) is 22.9. The Hall–Kier alpha value is -3.77. The van der Waals surface area contributed by atoms with Crippen LogP contribution in [-0.2, 0) is 16.0 Å². The van der Waals surface area contributed by atoms with Crippen LogP contribution in [0.2, 0.25) is 0 Å². The molecule has 6 nitrogen and oxygen atoms in total. The van der Waals surface area contributed by atoms with Crippen molar-refractivity contribution in [1.29, 1.82) is 0 Å². The third-order valence-corrected chi connectivity index (χ3v) is 5.28. The second kappa shape index (κ2) is 13.1. The molecular formula is C28H31NO5. The first-order chi connectivity index (χ1) is 16.6.